The Kier molecular flexibility index (Phi) is 5.86. The van der Waals surface area contributed by atoms with Gasteiger partial charge in [-0.05, 0) is 66.6 Å². The maximum atomic E-state index is 12.5. The molecule has 4 aromatic rings. The summed E-state index contributed by atoms with van der Waals surface area (Å²) in [5, 5.41) is 12.0. The SMILES string of the molecule is CNc1ccc(Cl)c(C2CCNc3c(C(N)=O)c(-c4ccc(Oc5ccccc5)cc4)nn32)c1. The van der Waals surface area contributed by atoms with Gasteiger partial charge in [0.25, 0.3) is 5.91 Å². The van der Waals surface area contributed by atoms with Crippen molar-refractivity contribution in [1.29, 1.82) is 0 Å². The van der Waals surface area contributed by atoms with Crippen molar-refractivity contribution in [3.8, 4) is 22.8 Å². The first kappa shape index (κ1) is 21.9. The minimum atomic E-state index is -0.538. The molecule has 1 aromatic heterocycles. The Hall–Kier alpha value is -3.97. The summed E-state index contributed by atoms with van der Waals surface area (Å²) in [5.74, 6) is 1.50. The number of primary amides is 1. The summed E-state index contributed by atoms with van der Waals surface area (Å²) in [7, 11) is 1.86. The second kappa shape index (κ2) is 9.11. The number of nitrogens with two attached hydrogens (primary N) is 1. The van der Waals surface area contributed by atoms with Gasteiger partial charge in [-0.2, -0.15) is 5.10 Å². The first-order chi connectivity index (χ1) is 16.5. The lowest BCUT2D eigenvalue weighted by Crippen LogP contribution is -2.26. The van der Waals surface area contributed by atoms with Crippen LogP contribution in [0.2, 0.25) is 5.02 Å². The van der Waals surface area contributed by atoms with Crippen molar-refractivity contribution in [1.82, 2.24) is 9.78 Å². The van der Waals surface area contributed by atoms with E-state index in [-0.39, 0.29) is 6.04 Å². The third-order valence-electron chi connectivity index (χ3n) is 5.91. The van der Waals surface area contributed by atoms with Gasteiger partial charge in [-0.3, -0.25) is 4.79 Å². The monoisotopic (exact) mass is 473 g/mol. The zero-order valence-electron chi connectivity index (χ0n) is 18.6. The molecule has 0 bridgehead atoms. The Morgan fingerprint density at radius 3 is 2.56 bits per heavy atom. The minimum absolute atomic E-state index is 0.135. The van der Waals surface area contributed by atoms with Gasteiger partial charge in [0.2, 0.25) is 0 Å². The summed E-state index contributed by atoms with van der Waals surface area (Å²) in [4.78, 5) is 12.5. The molecule has 8 heteroatoms. The predicted octanol–water partition coefficient (Wildman–Crippen LogP) is 5.54. The molecule has 0 aliphatic carbocycles. The maximum Gasteiger partial charge on any atom is 0.254 e. The summed E-state index contributed by atoms with van der Waals surface area (Å²) >= 11 is 6.57. The van der Waals surface area contributed by atoms with Crippen molar-refractivity contribution in [3.05, 3.63) is 88.9 Å². The van der Waals surface area contributed by atoms with Crippen LogP contribution in [-0.2, 0) is 0 Å². The molecule has 1 aliphatic heterocycles. The number of nitrogens with zero attached hydrogens (tertiary/aromatic N) is 2. The number of fused-ring (bicyclic) bond motifs is 1. The highest BCUT2D eigenvalue weighted by atomic mass is 35.5. The van der Waals surface area contributed by atoms with Crippen LogP contribution in [0.4, 0.5) is 11.5 Å². The highest BCUT2D eigenvalue weighted by molar-refractivity contribution is 6.31. The number of hydrogen-bond acceptors (Lipinski definition) is 5. The van der Waals surface area contributed by atoms with E-state index in [2.05, 4.69) is 10.6 Å². The quantitative estimate of drug-likeness (QED) is 0.341. The van der Waals surface area contributed by atoms with Gasteiger partial charge >= 0.3 is 0 Å². The van der Waals surface area contributed by atoms with Gasteiger partial charge in [0.1, 0.15) is 28.6 Å². The van der Waals surface area contributed by atoms with Crippen LogP contribution in [0.3, 0.4) is 0 Å². The minimum Gasteiger partial charge on any atom is -0.457 e. The average molecular weight is 474 g/mol. The maximum absolute atomic E-state index is 12.5. The number of ether oxygens (including phenoxy) is 1. The Balaban J connectivity index is 1.54. The Labute approximate surface area is 202 Å². The largest absolute Gasteiger partial charge is 0.457 e. The Morgan fingerprint density at radius 2 is 1.85 bits per heavy atom. The lowest BCUT2D eigenvalue weighted by atomic mass is 10.0. The number of nitrogens with one attached hydrogen (secondary N) is 2. The Bertz CT molecular complexity index is 1340. The van der Waals surface area contributed by atoms with E-state index in [1.807, 2.05) is 84.5 Å². The van der Waals surface area contributed by atoms with E-state index in [4.69, 9.17) is 27.2 Å². The van der Waals surface area contributed by atoms with Crippen LogP contribution in [0.5, 0.6) is 11.5 Å². The number of rotatable bonds is 6. The molecular formula is C26H24ClN5O2. The van der Waals surface area contributed by atoms with Gasteiger partial charge in [0.15, 0.2) is 0 Å². The summed E-state index contributed by atoms with van der Waals surface area (Å²) in [5.41, 5.74) is 9.37. The second-order valence-corrected chi connectivity index (χ2v) is 8.45. The molecule has 7 nitrogen and oxygen atoms in total. The van der Waals surface area contributed by atoms with E-state index in [0.29, 0.717) is 34.4 Å². The van der Waals surface area contributed by atoms with E-state index in [0.717, 1.165) is 29.0 Å². The smallest absolute Gasteiger partial charge is 0.254 e. The number of hydrogen-bond donors (Lipinski definition) is 3. The van der Waals surface area contributed by atoms with E-state index in [1.54, 1.807) is 0 Å². The molecule has 5 rings (SSSR count). The molecule has 0 spiro atoms. The van der Waals surface area contributed by atoms with Crippen LogP contribution in [-0.4, -0.2) is 29.3 Å². The number of benzene rings is 3. The first-order valence-corrected chi connectivity index (χ1v) is 11.4. The first-order valence-electron chi connectivity index (χ1n) is 11.0. The van der Waals surface area contributed by atoms with Crippen LogP contribution in [0.1, 0.15) is 28.4 Å². The number of para-hydroxylation sites is 1. The molecule has 1 amide bonds. The number of anilines is 2. The number of carbonyl (C=O) groups is 1. The number of halogens is 1. The fourth-order valence-corrected chi connectivity index (χ4v) is 4.51. The topological polar surface area (TPSA) is 94.2 Å². The second-order valence-electron chi connectivity index (χ2n) is 8.04. The van der Waals surface area contributed by atoms with E-state index in [9.17, 15) is 4.79 Å². The van der Waals surface area contributed by atoms with E-state index >= 15 is 0 Å². The number of aromatic nitrogens is 2. The van der Waals surface area contributed by atoms with Crippen LogP contribution >= 0.6 is 11.6 Å². The molecule has 0 fully saturated rings. The van der Waals surface area contributed by atoms with Crippen molar-refractivity contribution in [2.45, 2.75) is 12.5 Å². The van der Waals surface area contributed by atoms with Gasteiger partial charge in [-0.15, -0.1) is 0 Å². The molecule has 3 aromatic carbocycles. The highest BCUT2D eigenvalue weighted by Crippen LogP contribution is 2.39. The molecule has 34 heavy (non-hydrogen) atoms. The normalized spacial score (nSPS) is 14.7. The molecule has 1 atom stereocenters. The van der Waals surface area contributed by atoms with Gasteiger partial charge in [0, 0.05) is 29.9 Å². The van der Waals surface area contributed by atoms with Crippen LogP contribution in [0.25, 0.3) is 11.3 Å². The number of amides is 1. The zero-order chi connectivity index (χ0) is 23.7. The van der Waals surface area contributed by atoms with E-state index < -0.39 is 5.91 Å². The fraction of sp³-hybridized carbons (Fsp3) is 0.154. The van der Waals surface area contributed by atoms with E-state index in [1.165, 1.54) is 0 Å². The van der Waals surface area contributed by atoms with Crippen LogP contribution < -0.4 is 21.1 Å². The fourth-order valence-electron chi connectivity index (χ4n) is 4.26. The van der Waals surface area contributed by atoms with Crippen molar-refractivity contribution in [2.75, 3.05) is 24.2 Å². The molecule has 0 saturated heterocycles. The summed E-state index contributed by atoms with van der Waals surface area (Å²) in [6.45, 7) is 0.667. The Morgan fingerprint density at radius 1 is 1.12 bits per heavy atom. The highest BCUT2D eigenvalue weighted by Gasteiger charge is 2.31. The molecular weight excluding hydrogens is 450 g/mol. The van der Waals surface area contributed by atoms with Gasteiger partial charge in [-0.1, -0.05) is 29.8 Å². The molecule has 1 unspecified atom stereocenters. The standard InChI is InChI=1S/C26H24ClN5O2/c1-29-17-9-12-21(27)20(15-17)22-13-14-30-26-23(25(28)33)24(31-32(22)26)16-7-10-19(11-8-16)34-18-5-3-2-4-6-18/h2-12,15,22,29-30H,13-14H2,1H3,(H2,28,33). The number of carbonyl (C=O) groups excluding carboxylic acids is 1. The van der Waals surface area contributed by atoms with Crippen molar-refractivity contribution >= 4 is 29.0 Å². The third kappa shape index (κ3) is 4.06. The molecule has 4 N–H and O–H groups in total. The lowest BCUT2D eigenvalue weighted by Gasteiger charge is -2.27. The molecule has 2 heterocycles. The zero-order valence-corrected chi connectivity index (χ0v) is 19.3. The van der Waals surface area contributed by atoms with Crippen molar-refractivity contribution in [2.24, 2.45) is 5.73 Å². The molecule has 0 radical (unpaired) electrons. The van der Waals surface area contributed by atoms with Crippen molar-refractivity contribution < 1.29 is 9.53 Å². The predicted molar refractivity (Wildman–Crippen MR) is 135 cm³/mol. The average Bonchev–Trinajstić information content (AvgIpc) is 3.26. The molecule has 1 aliphatic rings. The van der Waals surface area contributed by atoms with Crippen molar-refractivity contribution in [3.63, 3.8) is 0 Å². The van der Waals surface area contributed by atoms with Gasteiger partial charge in [0.05, 0.1) is 6.04 Å². The molecule has 172 valence electrons. The lowest BCUT2D eigenvalue weighted by molar-refractivity contribution is 0.100. The van der Waals surface area contributed by atoms with Crippen LogP contribution in [0.15, 0.2) is 72.8 Å². The van der Waals surface area contributed by atoms with Gasteiger partial charge < -0.3 is 21.1 Å². The van der Waals surface area contributed by atoms with Crippen LogP contribution in [0, 0.1) is 0 Å². The summed E-state index contributed by atoms with van der Waals surface area (Å²) in [6, 6.07) is 22.7. The summed E-state index contributed by atoms with van der Waals surface area (Å²) < 4.78 is 7.72. The third-order valence-corrected chi connectivity index (χ3v) is 6.26. The summed E-state index contributed by atoms with van der Waals surface area (Å²) in [6.07, 6.45) is 0.767. The van der Waals surface area contributed by atoms with Gasteiger partial charge in [-0.25, -0.2) is 4.68 Å². The molecule has 0 saturated carbocycles.